The fourth-order valence-corrected chi connectivity index (χ4v) is 2.78. The third-order valence-corrected chi connectivity index (χ3v) is 4.95. The molecule has 0 radical (unpaired) electrons. The van der Waals surface area contributed by atoms with Crippen molar-refractivity contribution in [1.29, 1.82) is 0 Å². The lowest BCUT2D eigenvalue weighted by Gasteiger charge is -2.13. The molecule has 3 nitrogen and oxygen atoms in total. The zero-order valence-electron chi connectivity index (χ0n) is 8.86. The normalized spacial score (nSPS) is 12.8. The first-order chi connectivity index (χ1) is 8.00. The van der Waals surface area contributed by atoms with Crippen molar-refractivity contribution in [2.45, 2.75) is 6.10 Å². The number of aliphatic hydroxyl groups is 1. The predicted octanol–water partition coefficient (Wildman–Crippen LogP) is 3.79. The second-order valence-electron chi connectivity index (χ2n) is 3.58. The van der Waals surface area contributed by atoms with Crippen LogP contribution in [0.5, 0.6) is 0 Å². The topological polar surface area (TPSA) is 38.0 Å². The highest BCUT2D eigenvalue weighted by Crippen LogP contribution is 2.31. The van der Waals surface area contributed by atoms with E-state index in [0.29, 0.717) is 0 Å². The van der Waals surface area contributed by atoms with E-state index in [4.69, 9.17) is 0 Å². The second-order valence-corrected chi connectivity index (χ2v) is 6.14. The summed E-state index contributed by atoms with van der Waals surface area (Å²) in [4.78, 5) is 0. The third kappa shape index (κ3) is 2.65. The number of nitrogens with zero attached hydrogens (tertiary/aromatic N) is 2. The highest BCUT2D eigenvalue weighted by Gasteiger charge is 2.18. The monoisotopic (exact) mass is 422 g/mol. The van der Waals surface area contributed by atoms with Gasteiger partial charge in [0.1, 0.15) is 6.10 Å². The number of rotatable bonds is 2. The van der Waals surface area contributed by atoms with E-state index in [1.54, 1.807) is 17.9 Å². The Morgan fingerprint density at radius 2 is 1.88 bits per heavy atom. The van der Waals surface area contributed by atoms with Gasteiger partial charge in [-0.3, -0.25) is 4.68 Å². The van der Waals surface area contributed by atoms with E-state index in [0.717, 1.165) is 24.7 Å². The van der Waals surface area contributed by atoms with Crippen molar-refractivity contribution in [2.75, 3.05) is 0 Å². The number of aryl methyl sites for hydroxylation is 1. The summed E-state index contributed by atoms with van der Waals surface area (Å²) in [6.45, 7) is 0. The molecule has 17 heavy (non-hydrogen) atoms. The number of hydrogen-bond donors (Lipinski definition) is 1. The van der Waals surface area contributed by atoms with Crippen LogP contribution in [-0.2, 0) is 7.05 Å². The summed E-state index contributed by atoms with van der Waals surface area (Å²) >= 11 is 10.2. The van der Waals surface area contributed by atoms with Gasteiger partial charge in [0, 0.05) is 16.0 Å². The van der Waals surface area contributed by atoms with Gasteiger partial charge in [-0.05, 0) is 65.5 Å². The van der Waals surface area contributed by atoms with E-state index in [1.807, 2.05) is 18.2 Å². The van der Waals surface area contributed by atoms with Crippen molar-refractivity contribution in [3.05, 3.63) is 49.1 Å². The van der Waals surface area contributed by atoms with Gasteiger partial charge in [-0.1, -0.05) is 6.07 Å². The van der Waals surface area contributed by atoms with Gasteiger partial charge in [0.25, 0.3) is 0 Å². The first kappa shape index (κ1) is 13.3. The van der Waals surface area contributed by atoms with Crippen LogP contribution in [-0.4, -0.2) is 14.9 Å². The molecule has 0 saturated carbocycles. The van der Waals surface area contributed by atoms with Gasteiger partial charge in [0.15, 0.2) is 0 Å². The van der Waals surface area contributed by atoms with Gasteiger partial charge >= 0.3 is 0 Å². The fourth-order valence-electron chi connectivity index (χ4n) is 1.57. The molecule has 0 spiro atoms. The Labute approximate surface area is 124 Å². The minimum Gasteiger partial charge on any atom is -0.382 e. The predicted molar refractivity (Wildman–Crippen MR) is 76.8 cm³/mol. The summed E-state index contributed by atoms with van der Waals surface area (Å²) in [5, 5.41) is 14.4. The summed E-state index contributed by atoms with van der Waals surface area (Å²) in [7, 11) is 1.80. The SMILES string of the molecule is Cn1ncc(Br)c1C(O)c1ccc(Br)c(Br)c1. The van der Waals surface area contributed by atoms with Crippen molar-refractivity contribution in [3.8, 4) is 0 Å². The van der Waals surface area contributed by atoms with Crippen LogP contribution in [0.15, 0.2) is 37.8 Å². The second kappa shape index (κ2) is 5.22. The van der Waals surface area contributed by atoms with Crippen LogP contribution in [0.4, 0.5) is 0 Å². The Balaban J connectivity index is 2.43. The maximum absolute atomic E-state index is 10.3. The van der Waals surface area contributed by atoms with Crippen molar-refractivity contribution in [1.82, 2.24) is 9.78 Å². The van der Waals surface area contributed by atoms with Gasteiger partial charge in [-0.15, -0.1) is 0 Å². The molecule has 0 fully saturated rings. The van der Waals surface area contributed by atoms with Gasteiger partial charge in [0.2, 0.25) is 0 Å². The lowest BCUT2D eigenvalue weighted by atomic mass is 10.1. The molecule has 1 aromatic heterocycles. The molecule has 1 heterocycles. The molecule has 0 amide bonds. The van der Waals surface area contributed by atoms with Crippen LogP contribution in [0.1, 0.15) is 17.4 Å². The molecule has 0 aliphatic heterocycles. The molecule has 1 N–H and O–H groups in total. The van der Waals surface area contributed by atoms with Crippen LogP contribution in [0, 0.1) is 0 Å². The maximum Gasteiger partial charge on any atom is 0.122 e. The van der Waals surface area contributed by atoms with Crippen molar-refractivity contribution in [3.63, 3.8) is 0 Å². The zero-order valence-corrected chi connectivity index (χ0v) is 13.6. The Bertz CT molecular complexity index is 534. The first-order valence-corrected chi connectivity index (χ1v) is 7.19. The lowest BCUT2D eigenvalue weighted by Crippen LogP contribution is -2.07. The minimum absolute atomic E-state index is 0.707. The van der Waals surface area contributed by atoms with Crippen LogP contribution in [0.25, 0.3) is 0 Å². The average Bonchev–Trinajstić information content (AvgIpc) is 2.62. The zero-order chi connectivity index (χ0) is 12.6. The molecular weight excluding hydrogens is 416 g/mol. The summed E-state index contributed by atoms with van der Waals surface area (Å²) in [5.74, 6) is 0. The summed E-state index contributed by atoms with van der Waals surface area (Å²) in [6.07, 6.45) is 0.966. The molecule has 6 heteroatoms. The van der Waals surface area contributed by atoms with E-state index in [-0.39, 0.29) is 0 Å². The molecule has 2 rings (SSSR count). The van der Waals surface area contributed by atoms with Crippen LogP contribution < -0.4 is 0 Å². The van der Waals surface area contributed by atoms with Gasteiger partial charge in [0.05, 0.1) is 16.4 Å². The van der Waals surface area contributed by atoms with Crippen LogP contribution in [0.2, 0.25) is 0 Å². The van der Waals surface area contributed by atoms with Crippen molar-refractivity contribution >= 4 is 47.8 Å². The summed E-state index contributed by atoms with van der Waals surface area (Å²) in [6, 6.07) is 5.65. The van der Waals surface area contributed by atoms with Gasteiger partial charge < -0.3 is 5.11 Å². The molecule has 1 unspecified atom stereocenters. The number of hydrogen-bond acceptors (Lipinski definition) is 2. The number of aromatic nitrogens is 2. The van der Waals surface area contributed by atoms with E-state index in [9.17, 15) is 5.11 Å². The minimum atomic E-state index is -0.707. The van der Waals surface area contributed by atoms with E-state index < -0.39 is 6.10 Å². The number of benzene rings is 1. The highest BCUT2D eigenvalue weighted by molar-refractivity contribution is 9.13. The molecule has 0 saturated heterocycles. The van der Waals surface area contributed by atoms with Crippen molar-refractivity contribution < 1.29 is 5.11 Å². The smallest absolute Gasteiger partial charge is 0.122 e. The molecule has 0 bridgehead atoms. The van der Waals surface area contributed by atoms with E-state index in [1.165, 1.54) is 0 Å². The van der Waals surface area contributed by atoms with E-state index in [2.05, 4.69) is 52.9 Å². The Morgan fingerprint density at radius 1 is 1.18 bits per heavy atom. The van der Waals surface area contributed by atoms with Crippen LogP contribution in [0.3, 0.4) is 0 Å². The Kier molecular flexibility index (Phi) is 4.07. The molecule has 1 atom stereocenters. The Morgan fingerprint density at radius 3 is 2.41 bits per heavy atom. The number of aliphatic hydroxyl groups excluding tert-OH is 1. The Hall–Kier alpha value is -0.170. The first-order valence-electron chi connectivity index (χ1n) is 4.81. The molecular formula is C11H9Br3N2O. The van der Waals surface area contributed by atoms with Gasteiger partial charge in [-0.2, -0.15) is 5.10 Å². The van der Waals surface area contributed by atoms with Crippen molar-refractivity contribution in [2.24, 2.45) is 7.05 Å². The molecule has 1 aromatic carbocycles. The van der Waals surface area contributed by atoms with Crippen LogP contribution >= 0.6 is 47.8 Å². The molecule has 90 valence electrons. The largest absolute Gasteiger partial charge is 0.382 e. The molecule has 0 aliphatic rings. The highest BCUT2D eigenvalue weighted by atomic mass is 79.9. The summed E-state index contributed by atoms with van der Waals surface area (Å²) in [5.41, 5.74) is 1.54. The third-order valence-electron chi connectivity index (χ3n) is 2.46. The quantitative estimate of drug-likeness (QED) is 0.796. The maximum atomic E-state index is 10.3. The number of halogens is 3. The van der Waals surface area contributed by atoms with Gasteiger partial charge in [-0.25, -0.2) is 0 Å². The van der Waals surface area contributed by atoms with E-state index >= 15 is 0 Å². The lowest BCUT2D eigenvalue weighted by molar-refractivity contribution is 0.209. The molecule has 0 aliphatic carbocycles. The molecule has 2 aromatic rings. The average molecular weight is 425 g/mol. The summed E-state index contributed by atoms with van der Waals surface area (Å²) < 4.78 is 4.32. The standard InChI is InChI=1S/C11H9Br3N2O/c1-16-10(9(14)5-15-16)11(17)6-2-3-7(12)8(13)4-6/h2-5,11,17H,1H3. The fraction of sp³-hybridized carbons (Fsp3) is 0.182.